The van der Waals surface area contributed by atoms with Crippen molar-refractivity contribution in [3.05, 3.63) is 60.3 Å². The first-order valence-corrected chi connectivity index (χ1v) is 9.37. The van der Waals surface area contributed by atoms with Crippen LogP contribution in [0.25, 0.3) is 26.4 Å². The molecule has 0 radical (unpaired) electrons. The van der Waals surface area contributed by atoms with Crippen LogP contribution in [0.5, 0.6) is 0 Å². The van der Waals surface area contributed by atoms with Crippen molar-refractivity contribution < 1.29 is 4.74 Å². The van der Waals surface area contributed by atoms with Crippen LogP contribution in [-0.4, -0.2) is 41.0 Å². The van der Waals surface area contributed by atoms with Gasteiger partial charge in [0.05, 0.1) is 28.6 Å². The van der Waals surface area contributed by atoms with Crippen molar-refractivity contribution >= 4 is 26.5 Å². The fourth-order valence-electron chi connectivity index (χ4n) is 3.45. The lowest BCUT2D eigenvalue weighted by Crippen LogP contribution is -2.35. The Bertz CT molecular complexity index is 1040. The summed E-state index contributed by atoms with van der Waals surface area (Å²) in [6.45, 7) is 2.76. The molecule has 1 fully saturated rings. The zero-order chi connectivity index (χ0) is 16.8. The Balaban J connectivity index is 1.55. The topological polar surface area (TPSA) is 29.8 Å². The quantitative estimate of drug-likeness (QED) is 0.543. The predicted octanol–water partition coefficient (Wildman–Crippen LogP) is 4.22. The molecule has 1 aliphatic rings. The summed E-state index contributed by atoms with van der Waals surface area (Å²) in [6.07, 6.45) is 2.30. The average molecular weight is 349 g/mol. The molecule has 3 heterocycles. The number of ether oxygens (including phenoxy) is 1. The molecular weight excluding hydrogens is 330 g/mol. The van der Waals surface area contributed by atoms with Crippen LogP contribution in [0, 0.1) is 0 Å². The van der Waals surface area contributed by atoms with E-state index in [1.165, 1.54) is 15.8 Å². The van der Waals surface area contributed by atoms with Crippen molar-refractivity contribution in [2.45, 2.75) is 6.10 Å². The number of likely N-dealkylation sites (N-methyl/N-ethyl adjacent to an activating group) is 1. The molecule has 0 spiro atoms. The van der Waals surface area contributed by atoms with Gasteiger partial charge >= 0.3 is 0 Å². The summed E-state index contributed by atoms with van der Waals surface area (Å²) >= 11 is 1.74. The van der Waals surface area contributed by atoms with E-state index in [0.717, 1.165) is 35.9 Å². The molecule has 0 saturated carbocycles. The van der Waals surface area contributed by atoms with E-state index >= 15 is 0 Å². The van der Waals surface area contributed by atoms with Gasteiger partial charge < -0.3 is 9.64 Å². The van der Waals surface area contributed by atoms with Crippen LogP contribution in [0.15, 0.2) is 54.7 Å². The summed E-state index contributed by atoms with van der Waals surface area (Å²) in [6, 6.07) is 17.0. The fraction of sp³-hybridized carbons (Fsp3) is 0.250. The minimum absolute atomic E-state index is 0.164. The zero-order valence-corrected chi connectivity index (χ0v) is 14.9. The summed E-state index contributed by atoms with van der Waals surface area (Å²) in [7, 11) is 2.15. The van der Waals surface area contributed by atoms with E-state index in [1.807, 2.05) is 18.2 Å². The lowest BCUT2D eigenvalue weighted by molar-refractivity contribution is -0.0208. The third-order valence-electron chi connectivity index (χ3n) is 4.83. The van der Waals surface area contributed by atoms with Gasteiger partial charge in [-0.15, -0.1) is 0 Å². The second kappa shape index (κ2) is 5.95. The largest absolute Gasteiger partial charge is 0.371 e. The number of aromatic nitrogens is 2. The molecule has 4 aromatic rings. The van der Waals surface area contributed by atoms with Crippen molar-refractivity contribution in [3.63, 3.8) is 0 Å². The molecule has 2 aromatic carbocycles. The highest BCUT2D eigenvalue weighted by Crippen LogP contribution is 2.32. The number of hydrogen-bond donors (Lipinski definition) is 0. The number of fused-ring (bicyclic) bond motifs is 3. The first-order valence-electron chi connectivity index (χ1n) is 8.55. The number of imidazole rings is 1. The first-order chi connectivity index (χ1) is 12.3. The van der Waals surface area contributed by atoms with Gasteiger partial charge in [0, 0.05) is 24.8 Å². The molecule has 5 rings (SSSR count). The van der Waals surface area contributed by atoms with Crippen LogP contribution in [-0.2, 0) is 4.74 Å². The normalized spacial score (nSPS) is 19.0. The SMILES string of the molecule is CN1CCOC(c2ccc3c(c2)sc2nc(-c4ccccc4)cn23)C1. The molecule has 0 aliphatic carbocycles. The summed E-state index contributed by atoms with van der Waals surface area (Å²) in [5, 5.41) is 0. The van der Waals surface area contributed by atoms with E-state index in [4.69, 9.17) is 9.72 Å². The van der Waals surface area contributed by atoms with Crippen LogP contribution in [0.4, 0.5) is 0 Å². The number of hydrogen-bond acceptors (Lipinski definition) is 4. The molecule has 126 valence electrons. The molecule has 1 aliphatic heterocycles. The Labute approximate surface area is 150 Å². The van der Waals surface area contributed by atoms with Gasteiger partial charge in [-0.1, -0.05) is 47.7 Å². The van der Waals surface area contributed by atoms with Crippen molar-refractivity contribution in [2.75, 3.05) is 26.7 Å². The lowest BCUT2D eigenvalue weighted by atomic mass is 10.1. The number of rotatable bonds is 2. The number of thiazole rings is 1. The van der Waals surface area contributed by atoms with Crippen LogP contribution in [0.1, 0.15) is 11.7 Å². The van der Waals surface area contributed by atoms with Gasteiger partial charge in [-0.25, -0.2) is 4.98 Å². The predicted molar refractivity (Wildman–Crippen MR) is 102 cm³/mol. The van der Waals surface area contributed by atoms with Crippen LogP contribution in [0.2, 0.25) is 0 Å². The highest BCUT2D eigenvalue weighted by atomic mass is 32.1. The monoisotopic (exact) mass is 349 g/mol. The van der Waals surface area contributed by atoms with Crippen LogP contribution >= 0.6 is 11.3 Å². The average Bonchev–Trinajstić information content (AvgIpc) is 3.20. The molecule has 2 aromatic heterocycles. The minimum atomic E-state index is 0.164. The minimum Gasteiger partial charge on any atom is -0.371 e. The van der Waals surface area contributed by atoms with E-state index in [0.29, 0.717) is 0 Å². The Kier molecular flexibility index (Phi) is 3.59. The molecule has 0 bridgehead atoms. The van der Waals surface area contributed by atoms with E-state index in [1.54, 1.807) is 11.3 Å². The Morgan fingerprint density at radius 2 is 2.04 bits per heavy atom. The molecule has 0 N–H and O–H groups in total. The molecule has 1 atom stereocenters. The lowest BCUT2D eigenvalue weighted by Gasteiger charge is -2.30. The highest BCUT2D eigenvalue weighted by molar-refractivity contribution is 7.23. The van der Waals surface area contributed by atoms with Crippen molar-refractivity contribution in [1.82, 2.24) is 14.3 Å². The van der Waals surface area contributed by atoms with Crippen LogP contribution < -0.4 is 0 Å². The summed E-state index contributed by atoms with van der Waals surface area (Å²) in [5.74, 6) is 0. The van der Waals surface area contributed by atoms with Gasteiger partial charge in [0.15, 0.2) is 4.96 Å². The van der Waals surface area contributed by atoms with E-state index in [2.05, 4.69) is 52.9 Å². The van der Waals surface area contributed by atoms with Gasteiger partial charge in [-0.3, -0.25) is 4.40 Å². The van der Waals surface area contributed by atoms with E-state index in [-0.39, 0.29) is 6.10 Å². The van der Waals surface area contributed by atoms with Gasteiger partial charge in [0.25, 0.3) is 0 Å². The summed E-state index contributed by atoms with van der Waals surface area (Å²) < 4.78 is 9.41. The number of morpholine rings is 1. The number of nitrogens with zero attached hydrogens (tertiary/aromatic N) is 3. The second-order valence-corrected chi connectivity index (χ2v) is 7.60. The fourth-order valence-corrected chi connectivity index (χ4v) is 4.50. The maximum Gasteiger partial charge on any atom is 0.195 e. The Hall–Kier alpha value is -2.21. The van der Waals surface area contributed by atoms with Crippen LogP contribution in [0.3, 0.4) is 0 Å². The summed E-state index contributed by atoms with van der Waals surface area (Å²) in [5.41, 5.74) is 4.64. The Morgan fingerprint density at radius 1 is 1.16 bits per heavy atom. The maximum atomic E-state index is 5.96. The standard InChI is InChI=1S/C20H19N3OS/c1-22-9-10-24-18(13-22)15-7-8-17-19(11-15)25-20-21-16(12-23(17)20)14-5-3-2-4-6-14/h2-8,11-12,18H,9-10,13H2,1H3. The first kappa shape index (κ1) is 15.1. The molecule has 4 nitrogen and oxygen atoms in total. The summed E-state index contributed by atoms with van der Waals surface area (Å²) in [4.78, 5) is 8.18. The van der Waals surface area contributed by atoms with E-state index in [9.17, 15) is 0 Å². The third kappa shape index (κ3) is 2.65. The number of benzene rings is 2. The Morgan fingerprint density at radius 3 is 2.88 bits per heavy atom. The maximum absolute atomic E-state index is 5.96. The van der Waals surface area contributed by atoms with Gasteiger partial charge in [-0.05, 0) is 24.7 Å². The van der Waals surface area contributed by atoms with Crippen molar-refractivity contribution in [2.24, 2.45) is 0 Å². The molecule has 25 heavy (non-hydrogen) atoms. The highest BCUT2D eigenvalue weighted by Gasteiger charge is 2.20. The van der Waals surface area contributed by atoms with Gasteiger partial charge in [-0.2, -0.15) is 0 Å². The molecule has 1 unspecified atom stereocenters. The van der Waals surface area contributed by atoms with Gasteiger partial charge in [0.2, 0.25) is 0 Å². The van der Waals surface area contributed by atoms with Crippen molar-refractivity contribution in [3.8, 4) is 11.3 Å². The van der Waals surface area contributed by atoms with Gasteiger partial charge in [0.1, 0.15) is 0 Å². The zero-order valence-electron chi connectivity index (χ0n) is 14.1. The molecular formula is C20H19N3OS. The molecule has 0 amide bonds. The third-order valence-corrected chi connectivity index (χ3v) is 5.85. The smallest absolute Gasteiger partial charge is 0.195 e. The second-order valence-electron chi connectivity index (χ2n) is 6.60. The molecule has 1 saturated heterocycles. The van der Waals surface area contributed by atoms with Crippen molar-refractivity contribution in [1.29, 1.82) is 0 Å². The van der Waals surface area contributed by atoms with E-state index < -0.39 is 0 Å². The molecule has 5 heteroatoms.